The quantitative estimate of drug-likeness (QED) is 0.172. The molecular formula is C32H33N3S. The van der Waals surface area contributed by atoms with Gasteiger partial charge in [0.1, 0.15) is 11.0 Å². The maximum absolute atomic E-state index is 4.52. The van der Waals surface area contributed by atoms with Gasteiger partial charge in [-0.15, -0.1) is 0 Å². The topological polar surface area (TPSA) is 29.0 Å². The molecule has 5 aromatic rings. The number of hydrogen-bond acceptors (Lipinski definition) is 4. The summed E-state index contributed by atoms with van der Waals surface area (Å²) in [4.78, 5) is 2.32. The zero-order valence-corrected chi connectivity index (χ0v) is 21.8. The van der Waals surface area contributed by atoms with Crippen molar-refractivity contribution in [2.75, 3.05) is 4.90 Å². The van der Waals surface area contributed by atoms with Crippen LogP contribution in [0.1, 0.15) is 51.0 Å². The molecule has 0 saturated carbocycles. The van der Waals surface area contributed by atoms with E-state index in [-0.39, 0.29) is 0 Å². The summed E-state index contributed by atoms with van der Waals surface area (Å²) in [5.74, 6) is 0. The molecule has 0 N–H and O–H groups in total. The molecule has 0 bridgehead atoms. The number of rotatable bonds is 11. The van der Waals surface area contributed by atoms with E-state index >= 15 is 0 Å². The van der Waals surface area contributed by atoms with Crippen molar-refractivity contribution in [1.29, 1.82) is 0 Å². The SMILES string of the molecule is CCCCCCCCc1ccc(N(c2ccccc2)c2ccc(-c3cccc4nsnc34)cc2)cc1. The van der Waals surface area contributed by atoms with Crippen LogP contribution in [0.4, 0.5) is 17.1 Å². The van der Waals surface area contributed by atoms with E-state index in [9.17, 15) is 0 Å². The molecule has 0 aliphatic carbocycles. The second-order valence-electron chi connectivity index (χ2n) is 9.34. The first-order valence-corrected chi connectivity index (χ1v) is 13.8. The Kier molecular flexibility index (Phi) is 8.04. The highest BCUT2D eigenvalue weighted by Gasteiger charge is 2.13. The van der Waals surface area contributed by atoms with Crippen LogP contribution >= 0.6 is 11.7 Å². The Hall–Kier alpha value is -3.50. The third kappa shape index (κ3) is 5.66. The third-order valence-corrected chi connectivity index (χ3v) is 7.29. The first-order valence-electron chi connectivity index (χ1n) is 13.1. The molecule has 5 rings (SSSR count). The molecule has 1 aromatic heterocycles. The molecule has 0 amide bonds. The van der Waals surface area contributed by atoms with Gasteiger partial charge in [-0.3, -0.25) is 0 Å². The van der Waals surface area contributed by atoms with Gasteiger partial charge in [0.05, 0.1) is 11.7 Å². The van der Waals surface area contributed by atoms with Gasteiger partial charge in [-0.2, -0.15) is 8.75 Å². The number of anilines is 3. The van der Waals surface area contributed by atoms with Crippen molar-refractivity contribution >= 4 is 39.8 Å². The van der Waals surface area contributed by atoms with Gasteiger partial charge in [0.15, 0.2) is 0 Å². The number of hydrogen-bond donors (Lipinski definition) is 0. The Bertz CT molecular complexity index is 1360. The third-order valence-electron chi connectivity index (χ3n) is 6.75. The molecule has 0 unspecified atom stereocenters. The minimum Gasteiger partial charge on any atom is -0.311 e. The molecule has 3 nitrogen and oxygen atoms in total. The maximum atomic E-state index is 4.52. The number of benzene rings is 4. The Morgan fingerprint density at radius 1 is 0.611 bits per heavy atom. The van der Waals surface area contributed by atoms with Crippen LogP contribution < -0.4 is 4.90 Å². The van der Waals surface area contributed by atoms with Crippen molar-refractivity contribution in [2.45, 2.75) is 51.9 Å². The lowest BCUT2D eigenvalue weighted by Gasteiger charge is -2.26. The number of aryl methyl sites for hydroxylation is 1. The highest BCUT2D eigenvalue weighted by molar-refractivity contribution is 7.00. The molecular weight excluding hydrogens is 458 g/mol. The molecule has 0 aliphatic heterocycles. The molecule has 1 heterocycles. The summed E-state index contributed by atoms with van der Waals surface area (Å²) >= 11 is 1.27. The van der Waals surface area contributed by atoms with Gasteiger partial charge in [0.25, 0.3) is 0 Å². The van der Waals surface area contributed by atoms with Gasteiger partial charge < -0.3 is 4.90 Å². The van der Waals surface area contributed by atoms with Gasteiger partial charge in [0.2, 0.25) is 0 Å². The molecule has 4 aromatic carbocycles. The predicted molar refractivity (Wildman–Crippen MR) is 155 cm³/mol. The summed E-state index contributed by atoms with van der Waals surface area (Å²) in [6.07, 6.45) is 9.16. The van der Waals surface area contributed by atoms with Gasteiger partial charge in [-0.1, -0.05) is 93.6 Å². The minimum absolute atomic E-state index is 0.952. The number of aromatic nitrogens is 2. The lowest BCUT2D eigenvalue weighted by molar-refractivity contribution is 0.607. The monoisotopic (exact) mass is 491 g/mol. The Balaban J connectivity index is 1.37. The van der Waals surface area contributed by atoms with Gasteiger partial charge in [-0.25, -0.2) is 0 Å². The summed E-state index contributed by atoms with van der Waals surface area (Å²) < 4.78 is 8.91. The van der Waals surface area contributed by atoms with Crippen molar-refractivity contribution in [1.82, 2.24) is 8.75 Å². The molecule has 0 aliphatic rings. The smallest absolute Gasteiger partial charge is 0.112 e. The van der Waals surface area contributed by atoms with Crippen LogP contribution in [0.3, 0.4) is 0 Å². The first kappa shape index (κ1) is 24.2. The first-order chi connectivity index (χ1) is 17.8. The van der Waals surface area contributed by atoms with Crippen LogP contribution in [0.25, 0.3) is 22.2 Å². The second-order valence-corrected chi connectivity index (χ2v) is 9.87. The van der Waals surface area contributed by atoms with Crippen molar-refractivity contribution in [3.8, 4) is 11.1 Å². The van der Waals surface area contributed by atoms with E-state index in [0.29, 0.717) is 0 Å². The summed E-state index contributed by atoms with van der Waals surface area (Å²) in [7, 11) is 0. The molecule has 0 atom stereocenters. The highest BCUT2D eigenvalue weighted by Crippen LogP contribution is 2.36. The lowest BCUT2D eigenvalue weighted by Crippen LogP contribution is -2.09. The highest BCUT2D eigenvalue weighted by atomic mass is 32.1. The van der Waals surface area contributed by atoms with Crippen LogP contribution in [0, 0.1) is 0 Å². The largest absolute Gasteiger partial charge is 0.311 e. The van der Waals surface area contributed by atoms with Crippen molar-refractivity contribution in [3.05, 3.63) is 103 Å². The van der Waals surface area contributed by atoms with Crippen LogP contribution in [0.15, 0.2) is 97.1 Å². The zero-order valence-electron chi connectivity index (χ0n) is 20.9. The molecule has 0 radical (unpaired) electrons. The standard InChI is InChI=1S/C32H33N3S/c1-2-3-4-5-6-8-12-25-17-21-28(22-18-25)35(27-13-9-7-10-14-27)29-23-19-26(20-24-29)30-15-11-16-31-32(30)34-36-33-31/h7,9-11,13-24H,2-6,8,12H2,1H3. The Morgan fingerprint density at radius 2 is 1.28 bits per heavy atom. The number of para-hydroxylation sites is 1. The van der Waals surface area contributed by atoms with E-state index in [1.54, 1.807) is 0 Å². The summed E-state index contributed by atoms with van der Waals surface area (Å²) in [5.41, 5.74) is 9.08. The molecule has 36 heavy (non-hydrogen) atoms. The van der Waals surface area contributed by atoms with Crippen LogP contribution in [0.5, 0.6) is 0 Å². The fraction of sp³-hybridized carbons (Fsp3) is 0.250. The summed E-state index contributed by atoms with van der Waals surface area (Å²) in [6, 6.07) is 34.7. The minimum atomic E-state index is 0.952. The fourth-order valence-corrected chi connectivity index (χ4v) is 5.32. The van der Waals surface area contributed by atoms with E-state index in [2.05, 4.69) is 112 Å². The number of nitrogens with zero attached hydrogens (tertiary/aromatic N) is 3. The van der Waals surface area contributed by atoms with Crippen molar-refractivity contribution in [2.24, 2.45) is 0 Å². The summed E-state index contributed by atoms with van der Waals surface area (Å²) in [6.45, 7) is 2.27. The van der Waals surface area contributed by atoms with Crippen LogP contribution in [0.2, 0.25) is 0 Å². The fourth-order valence-electron chi connectivity index (χ4n) is 4.77. The molecule has 182 valence electrons. The Labute approximate surface area is 218 Å². The van der Waals surface area contributed by atoms with Crippen LogP contribution in [-0.2, 0) is 6.42 Å². The predicted octanol–water partition coefficient (Wildman–Crippen LogP) is 9.73. The molecule has 4 heteroatoms. The normalized spacial score (nSPS) is 11.1. The van der Waals surface area contributed by atoms with E-state index < -0.39 is 0 Å². The van der Waals surface area contributed by atoms with Crippen LogP contribution in [-0.4, -0.2) is 8.75 Å². The van der Waals surface area contributed by atoms with E-state index in [4.69, 9.17) is 0 Å². The molecule has 0 fully saturated rings. The zero-order chi connectivity index (χ0) is 24.6. The van der Waals surface area contributed by atoms with E-state index in [1.165, 1.54) is 61.5 Å². The van der Waals surface area contributed by atoms with Gasteiger partial charge in [-0.05, 0) is 66.4 Å². The van der Waals surface area contributed by atoms with Crippen molar-refractivity contribution < 1.29 is 0 Å². The second kappa shape index (κ2) is 12.0. The van der Waals surface area contributed by atoms with E-state index in [0.717, 1.165) is 40.0 Å². The lowest BCUT2D eigenvalue weighted by atomic mass is 10.0. The van der Waals surface area contributed by atoms with Gasteiger partial charge >= 0.3 is 0 Å². The van der Waals surface area contributed by atoms with Gasteiger partial charge in [0, 0.05) is 22.6 Å². The average Bonchev–Trinajstić information content (AvgIpc) is 3.42. The molecule has 0 saturated heterocycles. The number of unbranched alkanes of at least 4 members (excludes halogenated alkanes) is 5. The Morgan fingerprint density at radius 3 is 2.03 bits per heavy atom. The van der Waals surface area contributed by atoms with E-state index in [1.807, 2.05) is 6.07 Å². The maximum Gasteiger partial charge on any atom is 0.112 e. The average molecular weight is 492 g/mol. The molecule has 0 spiro atoms. The summed E-state index contributed by atoms with van der Waals surface area (Å²) in [5, 5.41) is 0. The number of fused-ring (bicyclic) bond motifs is 1. The van der Waals surface area contributed by atoms with Crippen molar-refractivity contribution in [3.63, 3.8) is 0 Å².